The smallest absolute Gasteiger partial charge is 0.165 e. The fourth-order valence-electron chi connectivity index (χ4n) is 1.86. The van der Waals surface area contributed by atoms with Gasteiger partial charge in [-0.1, -0.05) is 31.9 Å². The van der Waals surface area contributed by atoms with Gasteiger partial charge < -0.3 is 10.3 Å². The normalized spacial score (nSPS) is 11.2. The summed E-state index contributed by atoms with van der Waals surface area (Å²) < 4.78 is 4.06. The first-order valence-corrected chi connectivity index (χ1v) is 7.22. The topological polar surface area (TPSA) is 56.7 Å². The van der Waals surface area contributed by atoms with Gasteiger partial charge in [0.1, 0.15) is 5.82 Å². The van der Waals surface area contributed by atoms with E-state index in [1.54, 1.807) is 0 Å². The first-order valence-electron chi connectivity index (χ1n) is 5.64. The molecule has 96 valence electrons. The zero-order valence-electron chi connectivity index (χ0n) is 10.2. The number of nitrogens with two attached hydrogens (primary N) is 1. The molecule has 0 aliphatic rings. The van der Waals surface area contributed by atoms with Gasteiger partial charge in [0.25, 0.3) is 0 Å². The third-order valence-electron chi connectivity index (χ3n) is 2.63. The highest BCUT2D eigenvalue weighted by molar-refractivity contribution is 9.11. The minimum atomic E-state index is 0.263. The van der Waals surface area contributed by atoms with E-state index in [9.17, 15) is 0 Å². The average Bonchev–Trinajstić information content (AvgIpc) is 2.75. The van der Waals surface area contributed by atoms with Gasteiger partial charge in [-0.3, -0.25) is 0 Å². The molecule has 0 amide bonds. The summed E-state index contributed by atoms with van der Waals surface area (Å²) in [4.78, 5) is 0. The Labute approximate surface area is 123 Å². The summed E-state index contributed by atoms with van der Waals surface area (Å²) in [5.74, 6) is 1.63. The number of halogens is 2. The molecule has 0 bridgehead atoms. The highest BCUT2D eigenvalue weighted by Crippen LogP contribution is 2.31. The predicted molar refractivity (Wildman–Crippen MR) is 79.1 cm³/mol. The molecule has 0 fully saturated rings. The van der Waals surface area contributed by atoms with Crippen LogP contribution < -0.4 is 5.73 Å². The summed E-state index contributed by atoms with van der Waals surface area (Å²) in [6, 6.07) is 6.25. The molecule has 2 N–H and O–H groups in total. The maximum atomic E-state index is 5.70. The number of nitrogens with zero attached hydrogens (tertiary/aromatic N) is 3. The van der Waals surface area contributed by atoms with Crippen LogP contribution in [-0.2, 0) is 6.54 Å². The number of aromatic nitrogens is 3. The van der Waals surface area contributed by atoms with Gasteiger partial charge in [0, 0.05) is 20.6 Å². The summed E-state index contributed by atoms with van der Waals surface area (Å²) in [6.45, 7) is 4.58. The van der Waals surface area contributed by atoms with Crippen molar-refractivity contribution < 1.29 is 0 Å². The van der Waals surface area contributed by atoms with E-state index < -0.39 is 0 Å². The molecule has 2 rings (SSSR count). The van der Waals surface area contributed by atoms with Gasteiger partial charge in [-0.05, 0) is 32.0 Å². The van der Waals surface area contributed by atoms with Gasteiger partial charge in [-0.15, -0.1) is 10.2 Å². The van der Waals surface area contributed by atoms with E-state index in [4.69, 9.17) is 5.73 Å². The maximum absolute atomic E-state index is 5.70. The van der Waals surface area contributed by atoms with Crippen molar-refractivity contribution in [1.82, 2.24) is 14.8 Å². The van der Waals surface area contributed by atoms with Gasteiger partial charge in [-0.2, -0.15) is 0 Å². The van der Waals surface area contributed by atoms with Crippen LogP contribution in [0.5, 0.6) is 0 Å². The standard InChI is InChI=1S/C12H14Br2N4/c1-7(2)18-11(6-15)16-17-12(18)9-5-8(13)3-4-10(9)14/h3-5,7H,6,15H2,1-2H3. The minimum Gasteiger partial charge on any atom is -0.324 e. The lowest BCUT2D eigenvalue weighted by Gasteiger charge is -2.14. The molecule has 0 atom stereocenters. The molecule has 0 saturated carbocycles. The van der Waals surface area contributed by atoms with E-state index >= 15 is 0 Å². The fourth-order valence-corrected chi connectivity index (χ4v) is 2.64. The minimum absolute atomic E-state index is 0.263. The Balaban J connectivity index is 2.63. The van der Waals surface area contributed by atoms with Crippen molar-refractivity contribution in [3.63, 3.8) is 0 Å². The van der Waals surface area contributed by atoms with Crippen LogP contribution in [0.2, 0.25) is 0 Å². The average molecular weight is 374 g/mol. The molecule has 6 heteroatoms. The molecule has 0 aliphatic carbocycles. The molecule has 1 heterocycles. The van der Waals surface area contributed by atoms with E-state index in [0.29, 0.717) is 6.54 Å². The van der Waals surface area contributed by atoms with Gasteiger partial charge in [0.2, 0.25) is 0 Å². The molecule has 18 heavy (non-hydrogen) atoms. The SMILES string of the molecule is CC(C)n1c(CN)nnc1-c1cc(Br)ccc1Br. The molecule has 0 saturated heterocycles. The molecule has 0 unspecified atom stereocenters. The second kappa shape index (κ2) is 5.50. The number of benzene rings is 1. The van der Waals surface area contributed by atoms with Crippen LogP contribution in [-0.4, -0.2) is 14.8 Å². The Bertz CT molecular complexity index is 563. The third-order valence-corrected chi connectivity index (χ3v) is 3.82. The molecule has 2 aromatic rings. The molecule has 1 aromatic heterocycles. The Morgan fingerprint density at radius 3 is 2.61 bits per heavy atom. The Morgan fingerprint density at radius 1 is 1.28 bits per heavy atom. The molecule has 4 nitrogen and oxygen atoms in total. The summed E-state index contributed by atoms with van der Waals surface area (Å²) >= 11 is 7.02. The van der Waals surface area contributed by atoms with Crippen molar-refractivity contribution in [1.29, 1.82) is 0 Å². The molecule has 0 radical (unpaired) electrons. The quantitative estimate of drug-likeness (QED) is 0.895. The zero-order chi connectivity index (χ0) is 13.3. The van der Waals surface area contributed by atoms with Gasteiger partial charge in [0.15, 0.2) is 5.82 Å². The third kappa shape index (κ3) is 2.50. The maximum Gasteiger partial charge on any atom is 0.165 e. The second-order valence-corrected chi connectivity index (χ2v) is 6.00. The van der Waals surface area contributed by atoms with E-state index in [0.717, 1.165) is 26.2 Å². The van der Waals surface area contributed by atoms with Gasteiger partial charge in [0.05, 0.1) is 6.54 Å². The number of hydrogen-bond donors (Lipinski definition) is 1. The molecular weight excluding hydrogens is 360 g/mol. The lowest BCUT2D eigenvalue weighted by atomic mass is 10.2. The van der Waals surface area contributed by atoms with Crippen molar-refractivity contribution in [2.24, 2.45) is 5.73 Å². The highest BCUT2D eigenvalue weighted by atomic mass is 79.9. The Kier molecular flexibility index (Phi) is 4.19. The van der Waals surface area contributed by atoms with Crippen molar-refractivity contribution in [3.8, 4) is 11.4 Å². The van der Waals surface area contributed by atoms with Crippen molar-refractivity contribution in [2.75, 3.05) is 0 Å². The van der Waals surface area contributed by atoms with Crippen LogP contribution in [0.15, 0.2) is 27.1 Å². The summed E-state index contributed by atoms with van der Waals surface area (Å²) in [7, 11) is 0. The van der Waals surface area contributed by atoms with E-state index in [1.165, 1.54) is 0 Å². The molecule has 1 aromatic carbocycles. The van der Waals surface area contributed by atoms with Crippen LogP contribution in [0.1, 0.15) is 25.7 Å². The first kappa shape index (κ1) is 13.7. The van der Waals surface area contributed by atoms with Crippen LogP contribution in [0, 0.1) is 0 Å². The van der Waals surface area contributed by atoms with Crippen LogP contribution in [0.25, 0.3) is 11.4 Å². The van der Waals surface area contributed by atoms with E-state index in [1.807, 2.05) is 18.2 Å². The summed E-state index contributed by atoms with van der Waals surface area (Å²) in [5.41, 5.74) is 6.71. The lowest BCUT2D eigenvalue weighted by Crippen LogP contribution is -2.11. The Hall–Kier alpha value is -0.720. The predicted octanol–water partition coefficient (Wildman–Crippen LogP) is 3.51. The van der Waals surface area contributed by atoms with Crippen molar-refractivity contribution >= 4 is 31.9 Å². The van der Waals surface area contributed by atoms with Gasteiger partial charge >= 0.3 is 0 Å². The lowest BCUT2D eigenvalue weighted by molar-refractivity contribution is 0.574. The number of hydrogen-bond acceptors (Lipinski definition) is 3. The first-order chi connectivity index (χ1) is 8.54. The largest absolute Gasteiger partial charge is 0.324 e. The monoisotopic (exact) mass is 372 g/mol. The Morgan fingerprint density at radius 2 is 2.00 bits per heavy atom. The molecule has 0 spiro atoms. The van der Waals surface area contributed by atoms with E-state index in [-0.39, 0.29) is 6.04 Å². The van der Waals surface area contributed by atoms with Crippen molar-refractivity contribution in [2.45, 2.75) is 26.4 Å². The summed E-state index contributed by atoms with van der Waals surface area (Å²) in [5, 5.41) is 8.42. The highest BCUT2D eigenvalue weighted by Gasteiger charge is 2.17. The van der Waals surface area contributed by atoms with Crippen LogP contribution in [0.4, 0.5) is 0 Å². The van der Waals surface area contributed by atoms with Crippen LogP contribution in [0.3, 0.4) is 0 Å². The number of rotatable bonds is 3. The fraction of sp³-hybridized carbons (Fsp3) is 0.333. The summed E-state index contributed by atoms with van der Waals surface area (Å²) in [6.07, 6.45) is 0. The molecular formula is C12H14Br2N4. The van der Waals surface area contributed by atoms with Crippen LogP contribution >= 0.6 is 31.9 Å². The van der Waals surface area contributed by atoms with Gasteiger partial charge in [-0.25, -0.2) is 0 Å². The van der Waals surface area contributed by atoms with E-state index in [2.05, 4.69) is 60.5 Å². The molecule has 0 aliphatic heterocycles. The zero-order valence-corrected chi connectivity index (χ0v) is 13.4. The van der Waals surface area contributed by atoms with Crippen molar-refractivity contribution in [3.05, 3.63) is 33.0 Å². The second-order valence-electron chi connectivity index (χ2n) is 4.23.